The fraction of sp³-hybridized carbons (Fsp3) is 0.743. The predicted molar refractivity (Wildman–Crippen MR) is 209 cm³/mol. The summed E-state index contributed by atoms with van der Waals surface area (Å²) < 4.78 is 65.6. The molecule has 0 aliphatic rings. The Morgan fingerprint density at radius 2 is 0.717 bits per heavy atom. The minimum Gasteiger partial charge on any atom is -0.463 e. The molecule has 0 aromatic carbocycles. The molecule has 0 unspecified atom stereocenters. The maximum atomic E-state index is 11.3. The van der Waals surface area contributed by atoms with Gasteiger partial charge in [0.1, 0.15) is 0 Å². The Kier molecular flexibility index (Phi) is 37.1. The van der Waals surface area contributed by atoms with Gasteiger partial charge in [-0.25, -0.2) is 14.4 Å². The Labute approximate surface area is 322 Å². The molecule has 0 heterocycles. The topological polar surface area (TPSA) is 162 Å². The monoisotopic (exact) mass is 814 g/mol. The van der Waals surface area contributed by atoms with Crippen molar-refractivity contribution in [3.63, 3.8) is 0 Å². The van der Waals surface area contributed by atoms with Crippen LogP contribution in [-0.2, 0) is 68.4 Å². The van der Waals surface area contributed by atoms with E-state index in [1.807, 2.05) is 62.3 Å². The van der Waals surface area contributed by atoms with Crippen molar-refractivity contribution in [3.8, 4) is 0 Å². The number of esters is 3. The van der Waals surface area contributed by atoms with Gasteiger partial charge in [-0.15, -0.1) is 0 Å². The predicted octanol–water partition coefficient (Wildman–Crippen LogP) is 6.07. The van der Waals surface area contributed by atoms with Gasteiger partial charge >= 0.3 is 44.3 Å². The summed E-state index contributed by atoms with van der Waals surface area (Å²) in [7, 11) is -7.99. The standard InChI is InChI=1S/2C12H24O5Si.C11H22O5Si/c1-6-15-18(16-7-2,17-8-3)10-9-14-12(13)11(4)5;1-5-12(13)14-10-9-11-18(15-6-2,16-7-3)17-8-4;1-5-11(12)13-9-10-17(14-6-2,15-7-3)16-8-4/h4,6-10H2,1-3,5H3;5H,1,6-11H2,2-4H3;5H,1,6-10H2,2-4H3. The molecule has 0 bridgehead atoms. The molecule has 0 spiro atoms. The highest BCUT2D eigenvalue weighted by Gasteiger charge is 2.42. The Morgan fingerprint density at radius 1 is 0.453 bits per heavy atom. The number of ether oxygens (including phenoxy) is 3. The molecular weight excluding hydrogens is 745 g/mol. The van der Waals surface area contributed by atoms with Crippen LogP contribution in [-0.4, -0.2) is 124 Å². The molecule has 0 amide bonds. The summed E-state index contributed by atoms with van der Waals surface area (Å²) in [6, 6.07) is 1.57. The molecule has 0 aliphatic heterocycles. The first-order valence-corrected chi connectivity index (χ1v) is 24.2. The van der Waals surface area contributed by atoms with Crippen molar-refractivity contribution in [1.29, 1.82) is 0 Å². The molecule has 0 radical (unpaired) electrons. The van der Waals surface area contributed by atoms with Crippen LogP contribution in [0.1, 0.15) is 75.7 Å². The van der Waals surface area contributed by atoms with E-state index >= 15 is 0 Å². The van der Waals surface area contributed by atoms with Crippen LogP contribution in [0.3, 0.4) is 0 Å². The Hall–Kier alpha value is -2.08. The molecular formula is C35H70O15Si3. The molecule has 15 nitrogen and oxygen atoms in total. The zero-order valence-corrected chi connectivity index (χ0v) is 37.2. The van der Waals surface area contributed by atoms with Gasteiger partial charge in [0, 0.05) is 83.2 Å². The SMILES string of the molecule is C=C(C)C(=O)OCC[Si](OCC)(OCC)OCC.C=CC(=O)OCCC[Si](OCC)(OCC)OCC.C=CC(=O)OCC[Si](OCC)(OCC)OCC. The van der Waals surface area contributed by atoms with Crippen molar-refractivity contribution in [2.75, 3.05) is 79.3 Å². The molecule has 312 valence electrons. The normalized spacial score (nSPS) is 11.3. The molecule has 0 atom stereocenters. The minimum atomic E-state index is -2.70. The summed E-state index contributed by atoms with van der Waals surface area (Å²) in [4.78, 5) is 33.1. The highest BCUT2D eigenvalue weighted by molar-refractivity contribution is 6.61. The lowest BCUT2D eigenvalue weighted by Gasteiger charge is -2.28. The van der Waals surface area contributed by atoms with Crippen LogP contribution in [0.2, 0.25) is 18.1 Å². The average molecular weight is 815 g/mol. The molecule has 0 saturated carbocycles. The van der Waals surface area contributed by atoms with Crippen molar-refractivity contribution in [1.82, 2.24) is 0 Å². The van der Waals surface area contributed by atoms with E-state index in [0.29, 0.717) is 96.2 Å². The molecule has 18 heteroatoms. The third-order valence-corrected chi connectivity index (χ3v) is 15.3. The molecule has 0 aromatic heterocycles. The lowest BCUT2D eigenvalue weighted by Crippen LogP contribution is -2.47. The zero-order valence-electron chi connectivity index (χ0n) is 34.2. The van der Waals surface area contributed by atoms with Gasteiger partial charge in [0.05, 0.1) is 31.9 Å². The van der Waals surface area contributed by atoms with Crippen LogP contribution < -0.4 is 0 Å². The van der Waals surface area contributed by atoms with Gasteiger partial charge in [-0.3, -0.25) is 0 Å². The maximum Gasteiger partial charge on any atom is 0.504 e. The van der Waals surface area contributed by atoms with Crippen LogP contribution in [0.4, 0.5) is 0 Å². The third-order valence-electron chi connectivity index (χ3n) is 6.13. The largest absolute Gasteiger partial charge is 0.504 e. The van der Waals surface area contributed by atoms with E-state index in [4.69, 9.17) is 54.0 Å². The van der Waals surface area contributed by atoms with Crippen LogP contribution in [0, 0.1) is 0 Å². The lowest BCUT2D eigenvalue weighted by molar-refractivity contribution is -0.139. The van der Waals surface area contributed by atoms with Crippen molar-refractivity contribution >= 4 is 44.3 Å². The van der Waals surface area contributed by atoms with E-state index in [-0.39, 0.29) is 13.2 Å². The molecule has 0 aromatic rings. The second kappa shape index (κ2) is 35.6. The average Bonchev–Trinajstić information content (AvgIpc) is 3.11. The van der Waals surface area contributed by atoms with Gasteiger partial charge in [0.25, 0.3) is 0 Å². The van der Waals surface area contributed by atoms with E-state index in [0.717, 1.165) is 12.2 Å². The second-order valence-corrected chi connectivity index (χ2v) is 18.4. The number of carbonyl (C=O) groups is 3. The van der Waals surface area contributed by atoms with Gasteiger partial charge in [0.2, 0.25) is 0 Å². The Bertz CT molecular complexity index is 931. The summed E-state index contributed by atoms with van der Waals surface area (Å²) in [6.07, 6.45) is 2.94. The highest BCUT2D eigenvalue weighted by atomic mass is 28.4. The first-order chi connectivity index (χ1) is 25.3. The zero-order chi connectivity index (χ0) is 41.0. The van der Waals surface area contributed by atoms with Gasteiger partial charge in [-0.1, -0.05) is 19.7 Å². The van der Waals surface area contributed by atoms with Crippen molar-refractivity contribution in [2.45, 2.75) is 93.8 Å². The number of hydrogen-bond donors (Lipinski definition) is 0. The molecule has 0 rings (SSSR count). The first-order valence-electron chi connectivity index (χ1n) is 18.4. The number of carbonyl (C=O) groups excluding carboxylic acids is 3. The van der Waals surface area contributed by atoms with E-state index in [1.54, 1.807) is 6.92 Å². The summed E-state index contributed by atoms with van der Waals surface area (Å²) >= 11 is 0. The molecule has 0 N–H and O–H groups in total. The van der Waals surface area contributed by atoms with E-state index in [9.17, 15) is 14.4 Å². The van der Waals surface area contributed by atoms with Gasteiger partial charge in [0.15, 0.2) is 0 Å². The van der Waals surface area contributed by atoms with E-state index in [1.165, 1.54) is 0 Å². The van der Waals surface area contributed by atoms with Crippen LogP contribution >= 0.6 is 0 Å². The van der Waals surface area contributed by atoms with E-state index < -0.39 is 44.3 Å². The second-order valence-electron chi connectivity index (χ2n) is 10.2. The van der Waals surface area contributed by atoms with Crippen molar-refractivity contribution in [3.05, 3.63) is 37.5 Å². The molecule has 0 fully saturated rings. The third kappa shape index (κ3) is 28.1. The van der Waals surface area contributed by atoms with Crippen LogP contribution in [0.15, 0.2) is 37.5 Å². The quantitative estimate of drug-likeness (QED) is 0.0260. The molecule has 0 saturated heterocycles. The molecule has 0 aliphatic carbocycles. The Balaban J connectivity index is -0.000000708. The summed E-state index contributed by atoms with van der Waals surface area (Å²) in [5.74, 6) is -1.26. The fourth-order valence-electron chi connectivity index (χ4n) is 4.25. The van der Waals surface area contributed by atoms with Gasteiger partial charge in [-0.05, 0) is 75.7 Å². The number of hydrogen-bond acceptors (Lipinski definition) is 15. The van der Waals surface area contributed by atoms with Crippen molar-refractivity contribution < 1.29 is 68.4 Å². The van der Waals surface area contributed by atoms with Gasteiger partial charge < -0.3 is 54.0 Å². The van der Waals surface area contributed by atoms with Crippen LogP contribution in [0.5, 0.6) is 0 Å². The highest BCUT2D eigenvalue weighted by Crippen LogP contribution is 2.19. The minimum absolute atomic E-state index is 0.219. The molecule has 53 heavy (non-hydrogen) atoms. The Morgan fingerprint density at radius 3 is 0.981 bits per heavy atom. The van der Waals surface area contributed by atoms with E-state index in [2.05, 4.69) is 19.7 Å². The first kappa shape index (κ1) is 55.3. The van der Waals surface area contributed by atoms with Gasteiger partial charge in [-0.2, -0.15) is 0 Å². The smallest absolute Gasteiger partial charge is 0.463 e. The lowest BCUT2D eigenvalue weighted by atomic mass is 10.4. The fourth-order valence-corrected chi connectivity index (χ4v) is 11.5. The van der Waals surface area contributed by atoms with Crippen LogP contribution in [0.25, 0.3) is 0 Å². The maximum absolute atomic E-state index is 11.3. The summed E-state index contributed by atoms with van der Waals surface area (Å²) in [5.41, 5.74) is 0.381. The number of rotatable bonds is 31. The van der Waals surface area contributed by atoms with Crippen molar-refractivity contribution in [2.24, 2.45) is 0 Å². The summed E-state index contributed by atoms with van der Waals surface area (Å²) in [6.45, 7) is 34.4. The summed E-state index contributed by atoms with van der Waals surface area (Å²) in [5, 5.41) is 0.